The molecule has 0 saturated heterocycles. The Kier molecular flexibility index (Phi) is 1.75. The van der Waals surface area contributed by atoms with E-state index in [1.54, 1.807) is 11.3 Å². The second-order valence-corrected chi connectivity index (χ2v) is 3.76. The van der Waals surface area contributed by atoms with Crippen molar-refractivity contribution < 1.29 is 0 Å². The molecule has 0 atom stereocenters. The Morgan fingerprint density at radius 1 is 1.36 bits per heavy atom. The second-order valence-electron chi connectivity index (χ2n) is 2.07. The van der Waals surface area contributed by atoms with E-state index in [1.165, 1.54) is 0 Å². The van der Waals surface area contributed by atoms with E-state index < -0.39 is 0 Å². The third-order valence-electron chi connectivity index (χ3n) is 1.37. The summed E-state index contributed by atoms with van der Waals surface area (Å²) in [6.45, 7) is 0. The normalized spacial score (nSPS) is 10.7. The van der Waals surface area contributed by atoms with Gasteiger partial charge in [0.15, 0.2) is 0 Å². The SMILES string of the molecule is Clc1cc2sccc2c(Cl)n1. The Labute approximate surface area is 77.6 Å². The third-order valence-corrected chi connectivity index (χ3v) is 2.72. The van der Waals surface area contributed by atoms with Gasteiger partial charge in [-0.2, -0.15) is 0 Å². The van der Waals surface area contributed by atoms with Gasteiger partial charge in [0, 0.05) is 10.1 Å². The van der Waals surface area contributed by atoms with Gasteiger partial charge >= 0.3 is 0 Å². The zero-order valence-electron chi connectivity index (χ0n) is 5.34. The molecule has 4 heteroatoms. The second kappa shape index (κ2) is 2.63. The van der Waals surface area contributed by atoms with E-state index in [0.29, 0.717) is 10.3 Å². The third kappa shape index (κ3) is 1.22. The lowest BCUT2D eigenvalue weighted by Gasteiger charge is -1.92. The van der Waals surface area contributed by atoms with Crippen molar-refractivity contribution in [2.45, 2.75) is 0 Å². The highest BCUT2D eigenvalue weighted by atomic mass is 35.5. The molecule has 11 heavy (non-hydrogen) atoms. The van der Waals surface area contributed by atoms with Crippen molar-refractivity contribution >= 4 is 44.6 Å². The number of rotatable bonds is 0. The van der Waals surface area contributed by atoms with Crippen molar-refractivity contribution in [3.8, 4) is 0 Å². The summed E-state index contributed by atoms with van der Waals surface area (Å²) >= 11 is 13.1. The fourth-order valence-corrected chi connectivity index (χ4v) is 2.33. The molecule has 0 aliphatic carbocycles. The number of nitrogens with zero attached hydrogens (tertiary/aromatic N) is 1. The number of halogens is 2. The number of hydrogen-bond donors (Lipinski definition) is 0. The molecule has 0 bridgehead atoms. The lowest BCUT2D eigenvalue weighted by Crippen LogP contribution is -1.75. The van der Waals surface area contributed by atoms with E-state index in [9.17, 15) is 0 Å². The van der Waals surface area contributed by atoms with Gasteiger partial charge in [-0.25, -0.2) is 4.98 Å². The molecule has 0 unspecified atom stereocenters. The minimum absolute atomic E-state index is 0.449. The summed E-state index contributed by atoms with van der Waals surface area (Å²) in [6, 6.07) is 3.75. The molecule has 0 amide bonds. The summed E-state index contributed by atoms with van der Waals surface area (Å²) < 4.78 is 1.08. The van der Waals surface area contributed by atoms with Gasteiger partial charge in [0.05, 0.1) is 0 Å². The lowest BCUT2D eigenvalue weighted by molar-refractivity contribution is 1.37. The van der Waals surface area contributed by atoms with E-state index in [0.717, 1.165) is 10.1 Å². The zero-order chi connectivity index (χ0) is 7.84. The van der Waals surface area contributed by atoms with Crippen molar-refractivity contribution in [2.24, 2.45) is 0 Å². The van der Waals surface area contributed by atoms with Gasteiger partial charge < -0.3 is 0 Å². The smallest absolute Gasteiger partial charge is 0.139 e. The van der Waals surface area contributed by atoms with Crippen LogP contribution in [0, 0.1) is 0 Å². The van der Waals surface area contributed by atoms with E-state index in [1.807, 2.05) is 17.5 Å². The molecule has 0 fully saturated rings. The van der Waals surface area contributed by atoms with Gasteiger partial charge in [-0.05, 0) is 17.5 Å². The van der Waals surface area contributed by atoms with Crippen LogP contribution in [0.25, 0.3) is 10.1 Å². The lowest BCUT2D eigenvalue weighted by atomic mass is 10.3. The number of thiophene rings is 1. The minimum atomic E-state index is 0.449. The Morgan fingerprint density at radius 2 is 2.18 bits per heavy atom. The monoisotopic (exact) mass is 203 g/mol. The highest BCUT2D eigenvalue weighted by Gasteiger charge is 2.02. The fraction of sp³-hybridized carbons (Fsp3) is 0. The van der Waals surface area contributed by atoms with Gasteiger partial charge in [-0.15, -0.1) is 11.3 Å². The summed E-state index contributed by atoms with van der Waals surface area (Å²) in [5.41, 5.74) is 0. The molecule has 56 valence electrons. The first-order chi connectivity index (χ1) is 5.27. The molecule has 0 N–H and O–H groups in total. The van der Waals surface area contributed by atoms with Crippen LogP contribution in [0.5, 0.6) is 0 Å². The van der Waals surface area contributed by atoms with Gasteiger partial charge in [-0.1, -0.05) is 23.2 Å². The number of aromatic nitrogens is 1. The van der Waals surface area contributed by atoms with Crippen LogP contribution in [0.1, 0.15) is 0 Å². The van der Waals surface area contributed by atoms with Crippen LogP contribution in [-0.2, 0) is 0 Å². The maximum absolute atomic E-state index is 5.81. The molecule has 0 spiro atoms. The molecule has 0 aliphatic rings. The molecule has 2 aromatic heterocycles. The van der Waals surface area contributed by atoms with Crippen molar-refractivity contribution in [1.29, 1.82) is 0 Å². The summed E-state index contributed by atoms with van der Waals surface area (Å²) in [7, 11) is 0. The number of hydrogen-bond acceptors (Lipinski definition) is 2. The number of fused-ring (bicyclic) bond motifs is 1. The molecular weight excluding hydrogens is 201 g/mol. The van der Waals surface area contributed by atoms with Gasteiger partial charge in [0.25, 0.3) is 0 Å². The van der Waals surface area contributed by atoms with Crippen molar-refractivity contribution in [3.05, 3.63) is 27.8 Å². The summed E-state index contributed by atoms with van der Waals surface area (Å²) in [5.74, 6) is 0. The van der Waals surface area contributed by atoms with Crippen LogP contribution in [-0.4, -0.2) is 4.98 Å². The largest absolute Gasteiger partial charge is 0.224 e. The maximum atomic E-state index is 5.81. The molecule has 0 aromatic carbocycles. The Bertz CT molecular complexity index is 396. The van der Waals surface area contributed by atoms with Crippen molar-refractivity contribution in [2.75, 3.05) is 0 Å². The topological polar surface area (TPSA) is 12.9 Å². The van der Waals surface area contributed by atoms with Crippen LogP contribution in [0.2, 0.25) is 10.3 Å². The molecule has 1 nitrogen and oxygen atoms in total. The number of pyridine rings is 1. The first-order valence-electron chi connectivity index (χ1n) is 2.96. The van der Waals surface area contributed by atoms with E-state index >= 15 is 0 Å². The quantitative estimate of drug-likeness (QED) is 0.597. The minimum Gasteiger partial charge on any atom is -0.224 e. The Morgan fingerprint density at radius 3 is 3.00 bits per heavy atom. The molecule has 2 heterocycles. The molecular formula is C7H3Cl2NS. The average molecular weight is 204 g/mol. The van der Waals surface area contributed by atoms with Gasteiger partial charge in [0.1, 0.15) is 10.3 Å². The van der Waals surface area contributed by atoms with Gasteiger partial charge in [0.2, 0.25) is 0 Å². The van der Waals surface area contributed by atoms with Gasteiger partial charge in [-0.3, -0.25) is 0 Å². The van der Waals surface area contributed by atoms with Crippen LogP contribution < -0.4 is 0 Å². The zero-order valence-corrected chi connectivity index (χ0v) is 7.67. The van der Waals surface area contributed by atoms with Crippen molar-refractivity contribution in [1.82, 2.24) is 4.98 Å². The van der Waals surface area contributed by atoms with Crippen LogP contribution in [0.3, 0.4) is 0 Å². The summed E-state index contributed by atoms with van der Waals surface area (Å²) in [6.07, 6.45) is 0. The van der Waals surface area contributed by atoms with E-state index in [-0.39, 0.29) is 0 Å². The first kappa shape index (κ1) is 7.35. The summed E-state index contributed by atoms with van der Waals surface area (Å²) in [5, 5.41) is 3.87. The van der Waals surface area contributed by atoms with Crippen LogP contribution >= 0.6 is 34.5 Å². The molecule has 0 radical (unpaired) electrons. The maximum Gasteiger partial charge on any atom is 0.139 e. The van der Waals surface area contributed by atoms with Crippen LogP contribution in [0.4, 0.5) is 0 Å². The van der Waals surface area contributed by atoms with Crippen molar-refractivity contribution in [3.63, 3.8) is 0 Å². The first-order valence-corrected chi connectivity index (χ1v) is 4.60. The van der Waals surface area contributed by atoms with Crippen LogP contribution in [0.15, 0.2) is 17.5 Å². The molecule has 2 aromatic rings. The fourth-order valence-electron chi connectivity index (χ4n) is 0.898. The summed E-state index contributed by atoms with van der Waals surface area (Å²) in [4.78, 5) is 3.91. The highest BCUT2D eigenvalue weighted by Crippen LogP contribution is 2.28. The van der Waals surface area contributed by atoms with E-state index in [2.05, 4.69) is 4.98 Å². The molecule has 2 rings (SSSR count). The molecule has 0 saturated carbocycles. The average Bonchev–Trinajstić information content (AvgIpc) is 2.34. The Hall–Kier alpha value is -0.310. The molecule has 0 aliphatic heterocycles. The Balaban J connectivity index is 2.91. The predicted octanol–water partition coefficient (Wildman–Crippen LogP) is 3.60. The predicted molar refractivity (Wildman–Crippen MR) is 49.6 cm³/mol. The van der Waals surface area contributed by atoms with E-state index in [4.69, 9.17) is 23.2 Å². The standard InChI is InChI=1S/C7H3Cl2NS/c8-6-3-5-4(1-2-11-5)7(9)10-6/h1-3H. The highest BCUT2D eigenvalue weighted by molar-refractivity contribution is 7.17.